The van der Waals surface area contributed by atoms with Crippen molar-refractivity contribution in [3.63, 3.8) is 0 Å². The van der Waals surface area contributed by atoms with Crippen molar-refractivity contribution >= 4 is 49.3 Å². The first-order chi connectivity index (χ1) is 26.8. The Morgan fingerprint density at radius 3 is 2.29 bits per heavy atom. The van der Waals surface area contributed by atoms with Crippen LogP contribution in [0.15, 0.2) is 84.9 Å². The van der Waals surface area contributed by atoms with Gasteiger partial charge < -0.3 is 41.2 Å². The van der Waals surface area contributed by atoms with E-state index in [1.54, 1.807) is 7.05 Å². The van der Waals surface area contributed by atoms with E-state index in [-0.39, 0.29) is 30.1 Å². The van der Waals surface area contributed by atoms with Crippen LogP contribution in [0.25, 0.3) is 10.9 Å². The number of carbonyl (C=O) groups excluding carboxylic acids is 5. The third-order valence-corrected chi connectivity index (χ3v) is 10.2. The Kier molecular flexibility index (Phi) is 12.4. The molecule has 294 valence electrons. The molecule has 3 aromatic carbocycles. The van der Waals surface area contributed by atoms with Crippen molar-refractivity contribution in [1.29, 1.82) is 0 Å². The molecule has 56 heavy (non-hydrogen) atoms. The Morgan fingerprint density at radius 2 is 1.64 bits per heavy atom. The molecule has 0 unspecified atom stereocenters. The van der Waals surface area contributed by atoms with Crippen LogP contribution in [0, 0.1) is 0 Å². The molecule has 3 heterocycles. The molecule has 6 rings (SSSR count). The molecule has 2 fully saturated rings. The van der Waals surface area contributed by atoms with Gasteiger partial charge in [0.2, 0.25) is 17.7 Å². The minimum Gasteiger partial charge on any atom is -0.447 e. The molecule has 5 amide bonds. The van der Waals surface area contributed by atoms with E-state index in [0.29, 0.717) is 24.9 Å². The normalized spacial score (nSPS) is 19.5. The smallest absolute Gasteiger partial charge is 0.404 e. The molecule has 6 N–H and O–H groups in total. The maximum absolute atomic E-state index is 14.3. The first-order valence-electron chi connectivity index (χ1n) is 17.8. The summed E-state index contributed by atoms with van der Waals surface area (Å²) in [5.41, 5.74) is 6.53. The molecule has 18 heteroatoms. The number of benzene rings is 3. The highest BCUT2D eigenvalue weighted by molar-refractivity contribution is 7.17. The van der Waals surface area contributed by atoms with Crippen LogP contribution in [-0.2, 0) is 34.3 Å². The molecule has 0 aliphatic carbocycles. The number of rotatable bonds is 13. The number of fused-ring (bicyclic) bond motifs is 2. The molecule has 0 spiro atoms. The first-order valence-corrected chi connectivity index (χ1v) is 18.5. The number of amides is 5. The molecule has 2 aliphatic rings. The van der Waals surface area contributed by atoms with Gasteiger partial charge in [0.05, 0.1) is 11.6 Å². The second-order valence-electron chi connectivity index (χ2n) is 13.7. The largest absolute Gasteiger partial charge is 0.447 e. The molecule has 0 saturated carbocycles. The standard InChI is InChI=1S/C38H40F2N7O8P/c1-46-17-16-26-13-15-31(35(50)44-30(21-54-37(41)52)34(49)45-32(22-8-4-2-5-9-22)23-10-6-3-7-11-23)47(26)36(51)29(20-46)43-33(48)28-19-24-18-25(12-14-27(24)42-28)38(39,40)55-56-53/h2-12,14,18-19,26,29-32,42H,13,15-17,20-21H2,1H3,(H2,41,52)(H,43,48)(H,44,50)(H,45,49)/t26-,29+,30+,31+/m1/s1. The number of likely N-dealkylation sites (N-methyl/N-ethyl adjacent to an activating group) is 1. The number of nitrogens with zero attached hydrogens (tertiary/aromatic N) is 2. The molecule has 4 aromatic rings. The molecule has 2 aliphatic heterocycles. The van der Waals surface area contributed by atoms with Gasteiger partial charge in [-0.2, -0.15) is 8.78 Å². The predicted molar refractivity (Wildman–Crippen MR) is 198 cm³/mol. The van der Waals surface area contributed by atoms with Gasteiger partial charge in [-0.15, -0.1) is 0 Å². The SMILES string of the molecule is CN1CC[C@H]2CC[C@@H](C(=O)N[C@@H](COC(N)=O)C(=O)NC(c3ccccc3)c3ccccc3)N2C(=O)[C@@H](NC(=O)c2cc3cc(C(F)(F)OP=O)ccc3[nH]2)C1. The highest BCUT2D eigenvalue weighted by Crippen LogP contribution is 2.35. The third kappa shape index (κ3) is 9.18. The van der Waals surface area contributed by atoms with E-state index in [9.17, 15) is 37.3 Å². The molecule has 0 radical (unpaired) electrons. The average Bonchev–Trinajstić information content (AvgIpc) is 3.82. The summed E-state index contributed by atoms with van der Waals surface area (Å²) in [5.74, 6) is -2.54. The van der Waals surface area contributed by atoms with Gasteiger partial charge in [-0.25, -0.2) is 13.9 Å². The second kappa shape index (κ2) is 17.4. The number of aromatic nitrogens is 1. The summed E-state index contributed by atoms with van der Waals surface area (Å²) in [5, 5.41) is 8.61. The minimum atomic E-state index is -3.84. The van der Waals surface area contributed by atoms with Gasteiger partial charge in [0.15, 0.2) is 0 Å². The summed E-state index contributed by atoms with van der Waals surface area (Å²) in [7, 11) is 0.598. The number of carbonyl (C=O) groups is 5. The van der Waals surface area contributed by atoms with Gasteiger partial charge >= 0.3 is 20.9 Å². The lowest BCUT2D eigenvalue weighted by Crippen LogP contribution is -2.61. The second-order valence-corrected chi connectivity index (χ2v) is 14.0. The Hall–Kier alpha value is -5.77. The van der Waals surface area contributed by atoms with Crippen molar-refractivity contribution in [2.24, 2.45) is 5.73 Å². The van der Waals surface area contributed by atoms with Crippen LogP contribution in [0.2, 0.25) is 0 Å². The van der Waals surface area contributed by atoms with E-state index in [2.05, 4.69) is 25.5 Å². The average molecular weight is 792 g/mol. The van der Waals surface area contributed by atoms with Gasteiger partial charge in [-0.3, -0.25) is 19.2 Å². The van der Waals surface area contributed by atoms with Gasteiger partial charge in [-0.1, -0.05) is 60.7 Å². The van der Waals surface area contributed by atoms with Crippen LogP contribution in [-0.4, -0.2) is 95.4 Å². The number of hydrogen-bond donors (Lipinski definition) is 5. The van der Waals surface area contributed by atoms with E-state index >= 15 is 0 Å². The Balaban J connectivity index is 1.20. The van der Waals surface area contributed by atoms with Crippen molar-refractivity contribution in [3.05, 3.63) is 107 Å². The monoisotopic (exact) mass is 791 g/mol. The lowest BCUT2D eigenvalue weighted by molar-refractivity contribution is -0.178. The molecular weight excluding hydrogens is 751 g/mol. The topological polar surface area (TPSA) is 205 Å². The zero-order valence-corrected chi connectivity index (χ0v) is 31.0. The lowest BCUT2D eigenvalue weighted by Gasteiger charge is -2.38. The van der Waals surface area contributed by atoms with E-state index in [1.165, 1.54) is 17.0 Å². The Labute approximate surface area is 321 Å². The van der Waals surface area contributed by atoms with Crippen molar-refractivity contribution in [1.82, 2.24) is 30.7 Å². The number of nitrogens with two attached hydrogens (primary N) is 1. The third-order valence-electron chi connectivity index (χ3n) is 9.93. The van der Waals surface area contributed by atoms with Crippen LogP contribution < -0.4 is 21.7 Å². The van der Waals surface area contributed by atoms with Gasteiger partial charge in [0, 0.05) is 23.5 Å². The molecule has 4 atom stereocenters. The van der Waals surface area contributed by atoms with Crippen LogP contribution in [0.5, 0.6) is 0 Å². The summed E-state index contributed by atoms with van der Waals surface area (Å²) in [6, 6.07) is 18.6. The molecule has 2 saturated heterocycles. The molecule has 0 bridgehead atoms. The van der Waals surface area contributed by atoms with Crippen molar-refractivity contribution in [2.45, 2.75) is 55.6 Å². The predicted octanol–water partition coefficient (Wildman–Crippen LogP) is 3.72. The number of ether oxygens (including phenoxy) is 1. The molecule has 1 aromatic heterocycles. The summed E-state index contributed by atoms with van der Waals surface area (Å²) in [6.45, 7) is 0.0648. The first kappa shape index (κ1) is 39.9. The zero-order valence-electron chi connectivity index (χ0n) is 30.2. The fourth-order valence-electron chi connectivity index (χ4n) is 7.18. The lowest BCUT2D eigenvalue weighted by atomic mass is 9.98. The minimum absolute atomic E-state index is 0.0132. The van der Waals surface area contributed by atoms with Gasteiger partial charge in [-0.05, 0) is 68.2 Å². The number of nitrogens with one attached hydrogen (secondary N) is 4. The summed E-state index contributed by atoms with van der Waals surface area (Å²) >= 11 is 0. The molecule has 15 nitrogen and oxygen atoms in total. The number of primary amides is 1. The maximum atomic E-state index is 14.3. The fourth-order valence-corrected chi connectivity index (χ4v) is 7.37. The number of hydrogen-bond acceptors (Lipinski definition) is 9. The van der Waals surface area contributed by atoms with Crippen molar-refractivity contribution in [2.75, 3.05) is 26.7 Å². The molecular formula is C38H40F2N7O8P. The maximum Gasteiger partial charge on any atom is 0.404 e. The van der Waals surface area contributed by atoms with Crippen molar-refractivity contribution in [3.8, 4) is 0 Å². The number of halogens is 2. The van der Waals surface area contributed by atoms with E-state index in [1.807, 2.05) is 65.6 Å². The summed E-state index contributed by atoms with van der Waals surface area (Å²) < 4.78 is 48.1. The highest BCUT2D eigenvalue weighted by Gasteiger charge is 2.45. The quantitative estimate of drug-likeness (QED) is 0.125. The zero-order chi connectivity index (χ0) is 40.0. The van der Waals surface area contributed by atoms with E-state index in [0.717, 1.165) is 23.3 Å². The van der Waals surface area contributed by atoms with Crippen LogP contribution in [0.1, 0.15) is 52.5 Å². The van der Waals surface area contributed by atoms with Gasteiger partial charge in [0.25, 0.3) is 5.91 Å². The number of alkyl halides is 2. The van der Waals surface area contributed by atoms with Gasteiger partial charge in [0.1, 0.15) is 30.4 Å². The van der Waals surface area contributed by atoms with E-state index < -0.39 is 80.9 Å². The van der Waals surface area contributed by atoms with Crippen molar-refractivity contribution < 1.29 is 46.6 Å². The Morgan fingerprint density at radius 1 is 0.964 bits per heavy atom. The summed E-state index contributed by atoms with van der Waals surface area (Å²) in [6.07, 6.45) is -3.71. The fraction of sp³-hybridized carbons (Fsp3) is 0.342. The number of H-pyrrole nitrogens is 1. The van der Waals surface area contributed by atoms with Crippen LogP contribution in [0.3, 0.4) is 0 Å². The highest BCUT2D eigenvalue weighted by atomic mass is 31.1. The Bertz CT molecular complexity index is 2050. The number of aromatic amines is 1. The summed E-state index contributed by atoms with van der Waals surface area (Å²) in [4.78, 5) is 73.6. The van der Waals surface area contributed by atoms with Crippen LogP contribution in [0.4, 0.5) is 13.6 Å². The van der Waals surface area contributed by atoms with E-state index in [4.69, 9.17) is 10.5 Å². The van der Waals surface area contributed by atoms with Crippen LogP contribution >= 0.6 is 8.69 Å².